The van der Waals surface area contributed by atoms with Gasteiger partial charge in [-0.2, -0.15) is 0 Å². The number of carbonyl (C=O) groups is 2. The van der Waals surface area contributed by atoms with Crippen LogP contribution in [0, 0.1) is 24.0 Å². The number of ether oxygens (including phenoxy) is 1. The number of amides is 1. The van der Waals surface area contributed by atoms with Crippen LogP contribution in [0.2, 0.25) is 0 Å². The van der Waals surface area contributed by atoms with E-state index in [9.17, 15) is 18.4 Å². The van der Waals surface area contributed by atoms with E-state index in [1.165, 1.54) is 0 Å². The summed E-state index contributed by atoms with van der Waals surface area (Å²) in [6, 6.07) is 1.27. The summed E-state index contributed by atoms with van der Waals surface area (Å²) in [7, 11) is 1.14. The summed E-state index contributed by atoms with van der Waals surface area (Å²) < 4.78 is 30.4. The minimum atomic E-state index is -1.06. The fourth-order valence-electron chi connectivity index (χ4n) is 1.38. The zero-order valence-corrected chi connectivity index (χ0v) is 10.1. The van der Waals surface area contributed by atoms with Crippen molar-refractivity contribution in [1.82, 2.24) is 5.32 Å². The Morgan fingerprint density at radius 2 is 1.95 bits per heavy atom. The Labute approximate surface area is 108 Å². The van der Waals surface area contributed by atoms with Crippen molar-refractivity contribution >= 4 is 11.9 Å². The summed E-state index contributed by atoms with van der Waals surface area (Å²) in [5.41, 5.74) is -0.247. The Morgan fingerprint density at radius 1 is 1.37 bits per heavy atom. The monoisotopic (exact) mass is 267 g/mol. The maximum atomic E-state index is 13.0. The molecule has 0 spiro atoms. The van der Waals surface area contributed by atoms with Gasteiger partial charge in [0.1, 0.15) is 17.7 Å². The van der Waals surface area contributed by atoms with Gasteiger partial charge in [-0.3, -0.25) is 4.79 Å². The SMILES string of the molecule is C#CC[C@@H](NC(=O)c1cc(F)cc(F)c1)C(=O)OC. The molecular formula is C13H11F2NO3. The summed E-state index contributed by atoms with van der Waals surface area (Å²) in [5, 5.41) is 2.25. The zero-order valence-electron chi connectivity index (χ0n) is 10.1. The highest BCUT2D eigenvalue weighted by molar-refractivity contribution is 5.96. The van der Waals surface area contributed by atoms with Crippen molar-refractivity contribution in [2.75, 3.05) is 7.11 Å². The van der Waals surface area contributed by atoms with E-state index in [0.717, 1.165) is 19.2 Å². The van der Waals surface area contributed by atoms with Crippen LogP contribution in [-0.4, -0.2) is 25.0 Å². The van der Waals surface area contributed by atoms with Crippen LogP contribution in [0.4, 0.5) is 8.78 Å². The molecule has 0 aliphatic carbocycles. The van der Waals surface area contributed by atoms with E-state index in [4.69, 9.17) is 6.42 Å². The molecule has 1 aromatic rings. The Balaban J connectivity index is 2.87. The fraction of sp³-hybridized carbons (Fsp3) is 0.231. The second-order valence-corrected chi connectivity index (χ2v) is 3.62. The first-order chi connectivity index (χ1) is 8.97. The summed E-state index contributed by atoms with van der Waals surface area (Å²) >= 11 is 0. The topological polar surface area (TPSA) is 55.4 Å². The van der Waals surface area contributed by atoms with Crippen molar-refractivity contribution in [3.8, 4) is 12.3 Å². The number of methoxy groups -OCH3 is 1. The van der Waals surface area contributed by atoms with E-state index >= 15 is 0 Å². The molecule has 0 aliphatic rings. The van der Waals surface area contributed by atoms with Crippen LogP contribution in [-0.2, 0) is 9.53 Å². The van der Waals surface area contributed by atoms with Gasteiger partial charge in [-0.15, -0.1) is 12.3 Å². The summed E-state index contributed by atoms with van der Waals surface area (Å²) in [6.07, 6.45) is 4.97. The lowest BCUT2D eigenvalue weighted by Gasteiger charge is -2.14. The van der Waals surface area contributed by atoms with Gasteiger partial charge in [0.2, 0.25) is 0 Å². The van der Waals surface area contributed by atoms with Crippen LogP contribution in [0.5, 0.6) is 0 Å². The Hall–Kier alpha value is -2.42. The molecule has 0 aromatic heterocycles. The molecule has 1 N–H and O–H groups in total. The van der Waals surface area contributed by atoms with Crippen LogP contribution >= 0.6 is 0 Å². The molecule has 19 heavy (non-hydrogen) atoms. The first-order valence-corrected chi connectivity index (χ1v) is 5.26. The number of terminal acetylenes is 1. The molecule has 1 atom stereocenters. The van der Waals surface area contributed by atoms with Gasteiger partial charge < -0.3 is 10.1 Å². The minimum Gasteiger partial charge on any atom is -0.467 e. The fourth-order valence-corrected chi connectivity index (χ4v) is 1.38. The van der Waals surface area contributed by atoms with Crippen molar-refractivity contribution in [1.29, 1.82) is 0 Å². The molecule has 0 unspecified atom stereocenters. The Morgan fingerprint density at radius 3 is 2.42 bits per heavy atom. The molecule has 0 fully saturated rings. The summed E-state index contributed by atoms with van der Waals surface area (Å²) in [4.78, 5) is 23.1. The maximum Gasteiger partial charge on any atom is 0.329 e. The molecule has 0 heterocycles. The first kappa shape index (κ1) is 14.6. The summed E-state index contributed by atoms with van der Waals surface area (Å²) in [5.74, 6) is -1.13. The molecule has 0 saturated heterocycles. The highest BCUT2D eigenvalue weighted by atomic mass is 19.1. The van der Waals surface area contributed by atoms with Gasteiger partial charge in [-0.25, -0.2) is 13.6 Å². The van der Waals surface area contributed by atoms with E-state index in [-0.39, 0.29) is 12.0 Å². The van der Waals surface area contributed by atoms with Gasteiger partial charge in [-0.1, -0.05) is 0 Å². The zero-order chi connectivity index (χ0) is 14.4. The second kappa shape index (κ2) is 6.50. The molecule has 1 rings (SSSR count). The van der Waals surface area contributed by atoms with Gasteiger partial charge in [0.15, 0.2) is 0 Å². The number of rotatable bonds is 4. The predicted molar refractivity (Wildman–Crippen MR) is 63.1 cm³/mol. The van der Waals surface area contributed by atoms with Gasteiger partial charge in [0.25, 0.3) is 5.91 Å². The normalized spacial score (nSPS) is 11.3. The van der Waals surface area contributed by atoms with Crippen LogP contribution in [0.3, 0.4) is 0 Å². The van der Waals surface area contributed by atoms with E-state index in [2.05, 4.69) is 16.0 Å². The maximum absolute atomic E-state index is 13.0. The number of carbonyl (C=O) groups excluding carboxylic acids is 2. The van der Waals surface area contributed by atoms with Crippen LogP contribution < -0.4 is 5.32 Å². The van der Waals surface area contributed by atoms with E-state index < -0.39 is 29.6 Å². The third-order valence-corrected chi connectivity index (χ3v) is 2.24. The predicted octanol–water partition coefficient (Wildman–Crippen LogP) is 1.26. The number of halogens is 2. The van der Waals surface area contributed by atoms with Crippen molar-refractivity contribution in [3.63, 3.8) is 0 Å². The van der Waals surface area contributed by atoms with Gasteiger partial charge in [0, 0.05) is 18.1 Å². The average molecular weight is 267 g/mol. The molecule has 0 saturated carbocycles. The number of hydrogen-bond acceptors (Lipinski definition) is 3. The van der Waals surface area contributed by atoms with Gasteiger partial charge in [-0.05, 0) is 12.1 Å². The molecule has 4 nitrogen and oxygen atoms in total. The molecule has 0 radical (unpaired) electrons. The lowest BCUT2D eigenvalue weighted by molar-refractivity contribution is -0.142. The molecule has 0 aliphatic heterocycles. The molecule has 1 aromatic carbocycles. The van der Waals surface area contributed by atoms with Crippen LogP contribution in [0.15, 0.2) is 18.2 Å². The van der Waals surface area contributed by atoms with E-state index in [1.807, 2.05) is 0 Å². The number of hydrogen-bond donors (Lipinski definition) is 1. The molecular weight excluding hydrogens is 256 g/mol. The molecule has 0 bridgehead atoms. The number of nitrogens with one attached hydrogen (secondary N) is 1. The van der Waals surface area contributed by atoms with Crippen molar-refractivity contribution in [2.24, 2.45) is 0 Å². The second-order valence-electron chi connectivity index (χ2n) is 3.62. The van der Waals surface area contributed by atoms with Gasteiger partial charge in [0.05, 0.1) is 7.11 Å². The van der Waals surface area contributed by atoms with Crippen molar-refractivity contribution < 1.29 is 23.1 Å². The van der Waals surface area contributed by atoms with Crippen molar-refractivity contribution in [3.05, 3.63) is 35.4 Å². The largest absolute Gasteiger partial charge is 0.467 e. The van der Waals surface area contributed by atoms with E-state index in [0.29, 0.717) is 6.07 Å². The highest BCUT2D eigenvalue weighted by Gasteiger charge is 2.21. The minimum absolute atomic E-state index is 0.0871. The van der Waals surface area contributed by atoms with Crippen molar-refractivity contribution in [2.45, 2.75) is 12.5 Å². The van der Waals surface area contributed by atoms with Crippen LogP contribution in [0.1, 0.15) is 16.8 Å². The third kappa shape index (κ3) is 4.07. The lowest BCUT2D eigenvalue weighted by Crippen LogP contribution is -2.41. The standard InChI is InChI=1S/C13H11F2NO3/c1-3-4-11(13(18)19-2)16-12(17)8-5-9(14)7-10(15)6-8/h1,5-7,11H,4H2,2H3,(H,16,17)/t11-/m1/s1. The number of esters is 1. The Kier molecular flexibility index (Phi) is 5.01. The quantitative estimate of drug-likeness (QED) is 0.660. The van der Waals surface area contributed by atoms with E-state index in [1.54, 1.807) is 0 Å². The average Bonchev–Trinajstić information content (AvgIpc) is 2.36. The molecule has 1 amide bonds. The third-order valence-electron chi connectivity index (χ3n) is 2.24. The highest BCUT2D eigenvalue weighted by Crippen LogP contribution is 2.08. The molecule has 100 valence electrons. The lowest BCUT2D eigenvalue weighted by atomic mass is 10.1. The first-order valence-electron chi connectivity index (χ1n) is 5.26. The summed E-state index contributed by atoms with van der Waals surface area (Å²) in [6.45, 7) is 0. The molecule has 6 heteroatoms. The smallest absolute Gasteiger partial charge is 0.329 e. The Bertz CT molecular complexity index is 517. The van der Waals surface area contributed by atoms with Crippen LogP contribution in [0.25, 0.3) is 0 Å². The number of benzene rings is 1. The van der Waals surface area contributed by atoms with Gasteiger partial charge >= 0.3 is 5.97 Å².